The number of carbonyl (C=O) groups is 2. The molecule has 0 bridgehead atoms. The van der Waals surface area contributed by atoms with Crippen molar-refractivity contribution in [3.05, 3.63) is 88.3 Å². The van der Waals surface area contributed by atoms with Crippen LogP contribution in [0.1, 0.15) is 25.2 Å². The topological polar surface area (TPSA) is 65.8 Å². The maximum Gasteiger partial charge on any atom is 0.322 e. The first-order valence-corrected chi connectivity index (χ1v) is 11.4. The summed E-state index contributed by atoms with van der Waals surface area (Å²) >= 11 is 12.4. The van der Waals surface area contributed by atoms with Gasteiger partial charge in [-0.15, -0.1) is 0 Å². The molecule has 0 aliphatic carbocycles. The normalized spacial score (nSPS) is 10.8. The zero-order chi connectivity index (χ0) is 23.8. The summed E-state index contributed by atoms with van der Waals surface area (Å²) in [5.41, 5.74) is 1.31. The van der Waals surface area contributed by atoms with Crippen LogP contribution < -0.4 is 5.32 Å². The lowest BCUT2D eigenvalue weighted by Crippen LogP contribution is -2.45. The van der Waals surface area contributed by atoms with Crippen LogP contribution in [0.3, 0.4) is 0 Å². The van der Waals surface area contributed by atoms with E-state index in [1.165, 1.54) is 4.90 Å². The van der Waals surface area contributed by atoms with Crippen molar-refractivity contribution in [1.82, 2.24) is 9.80 Å². The molecule has 3 rings (SSSR count). The van der Waals surface area contributed by atoms with Gasteiger partial charge in [-0.2, -0.15) is 0 Å². The number of anilines is 1. The number of carbonyl (C=O) groups excluding carboxylic acids is 2. The minimum Gasteiger partial charge on any atom is -0.467 e. The second kappa shape index (κ2) is 11.8. The van der Waals surface area contributed by atoms with Crippen molar-refractivity contribution < 1.29 is 14.0 Å². The van der Waals surface area contributed by atoms with E-state index in [-0.39, 0.29) is 18.4 Å². The second-order valence-corrected chi connectivity index (χ2v) is 8.93. The number of urea groups is 1. The average Bonchev–Trinajstić information content (AvgIpc) is 3.29. The van der Waals surface area contributed by atoms with Crippen LogP contribution in [0.2, 0.25) is 10.0 Å². The van der Waals surface area contributed by atoms with Crippen molar-refractivity contribution in [2.24, 2.45) is 5.92 Å². The Labute approximate surface area is 204 Å². The second-order valence-electron chi connectivity index (χ2n) is 8.12. The highest BCUT2D eigenvalue weighted by atomic mass is 35.5. The van der Waals surface area contributed by atoms with Gasteiger partial charge in [-0.25, -0.2) is 4.79 Å². The van der Waals surface area contributed by atoms with Crippen LogP contribution in [0.15, 0.2) is 71.3 Å². The molecule has 8 heteroatoms. The Morgan fingerprint density at radius 2 is 1.61 bits per heavy atom. The fourth-order valence-corrected chi connectivity index (χ4v) is 3.85. The number of benzene rings is 2. The highest BCUT2D eigenvalue weighted by molar-refractivity contribution is 6.39. The fraction of sp³-hybridized carbons (Fsp3) is 0.280. The highest BCUT2D eigenvalue weighted by Gasteiger charge is 2.24. The molecule has 0 spiro atoms. The number of para-hydroxylation sites is 1. The number of furan rings is 1. The molecule has 1 N–H and O–H groups in total. The van der Waals surface area contributed by atoms with Crippen LogP contribution in [-0.4, -0.2) is 34.8 Å². The molecule has 0 fully saturated rings. The number of hydrogen-bond acceptors (Lipinski definition) is 3. The van der Waals surface area contributed by atoms with E-state index in [4.69, 9.17) is 27.6 Å². The van der Waals surface area contributed by atoms with E-state index in [1.807, 2.05) is 50.2 Å². The van der Waals surface area contributed by atoms with Crippen LogP contribution in [0.5, 0.6) is 0 Å². The van der Waals surface area contributed by atoms with Crippen molar-refractivity contribution in [2.45, 2.75) is 26.9 Å². The quantitative estimate of drug-likeness (QED) is 0.384. The van der Waals surface area contributed by atoms with Crippen molar-refractivity contribution in [2.75, 3.05) is 18.4 Å². The summed E-state index contributed by atoms with van der Waals surface area (Å²) in [5, 5.41) is 3.42. The molecule has 33 heavy (non-hydrogen) atoms. The number of halogens is 2. The van der Waals surface area contributed by atoms with Crippen LogP contribution in [0.4, 0.5) is 10.5 Å². The third kappa shape index (κ3) is 7.27. The molecule has 174 valence electrons. The molecule has 1 heterocycles. The van der Waals surface area contributed by atoms with Crippen molar-refractivity contribution >= 4 is 40.8 Å². The summed E-state index contributed by atoms with van der Waals surface area (Å²) in [6, 6.07) is 17.9. The minimum absolute atomic E-state index is 0.0976. The van der Waals surface area contributed by atoms with E-state index < -0.39 is 6.03 Å². The molecule has 2 aromatic carbocycles. The third-order valence-corrected chi connectivity index (χ3v) is 5.52. The number of amides is 3. The van der Waals surface area contributed by atoms with E-state index in [9.17, 15) is 9.59 Å². The van der Waals surface area contributed by atoms with E-state index in [0.717, 1.165) is 5.56 Å². The van der Waals surface area contributed by atoms with Crippen LogP contribution in [0, 0.1) is 5.92 Å². The Balaban J connectivity index is 1.78. The standard InChI is InChI=1S/C25H27Cl2N3O3/c1-18(2)14-30(25(32)28-24-21(26)11-6-12-22(24)27)17-23(31)29(16-20-10-7-13-33-20)15-19-8-4-3-5-9-19/h3-13,18H,14-17H2,1-2H3,(H,28,32). The van der Waals surface area contributed by atoms with Gasteiger partial charge in [0.1, 0.15) is 12.3 Å². The molecule has 0 unspecified atom stereocenters. The van der Waals surface area contributed by atoms with Crippen molar-refractivity contribution in [1.29, 1.82) is 0 Å². The summed E-state index contributed by atoms with van der Waals surface area (Å²) in [7, 11) is 0. The Morgan fingerprint density at radius 3 is 2.21 bits per heavy atom. The summed E-state index contributed by atoms with van der Waals surface area (Å²) in [6.45, 7) is 4.96. The molecule has 3 aromatic rings. The number of nitrogens with zero attached hydrogens (tertiary/aromatic N) is 2. The lowest BCUT2D eigenvalue weighted by atomic mass is 10.2. The number of hydrogen-bond donors (Lipinski definition) is 1. The van der Waals surface area contributed by atoms with E-state index in [0.29, 0.717) is 41.1 Å². The van der Waals surface area contributed by atoms with Crippen LogP contribution in [-0.2, 0) is 17.9 Å². The molecule has 6 nitrogen and oxygen atoms in total. The largest absolute Gasteiger partial charge is 0.467 e. The predicted molar refractivity (Wildman–Crippen MR) is 131 cm³/mol. The fourth-order valence-electron chi connectivity index (χ4n) is 3.35. The molecule has 3 amide bonds. The molecule has 0 saturated carbocycles. The average molecular weight is 488 g/mol. The SMILES string of the molecule is CC(C)CN(CC(=O)N(Cc1ccccc1)Cc1ccco1)C(=O)Nc1c(Cl)cccc1Cl. The first-order chi connectivity index (χ1) is 15.8. The van der Waals surface area contributed by atoms with E-state index in [1.54, 1.807) is 35.4 Å². The molecular formula is C25H27Cl2N3O3. The summed E-state index contributed by atoms with van der Waals surface area (Å²) in [4.78, 5) is 29.6. The lowest BCUT2D eigenvalue weighted by Gasteiger charge is -2.29. The Hall–Kier alpha value is -2.96. The van der Waals surface area contributed by atoms with Crippen molar-refractivity contribution in [3.63, 3.8) is 0 Å². The molecule has 0 atom stereocenters. The van der Waals surface area contributed by atoms with Gasteiger partial charge >= 0.3 is 6.03 Å². The molecular weight excluding hydrogens is 461 g/mol. The van der Waals surface area contributed by atoms with Gasteiger partial charge in [0.05, 0.1) is 28.5 Å². The third-order valence-electron chi connectivity index (χ3n) is 4.89. The Morgan fingerprint density at radius 1 is 0.909 bits per heavy atom. The van der Waals surface area contributed by atoms with Gasteiger partial charge in [-0.1, -0.05) is 73.4 Å². The maximum absolute atomic E-state index is 13.4. The maximum atomic E-state index is 13.4. The highest BCUT2D eigenvalue weighted by Crippen LogP contribution is 2.30. The summed E-state index contributed by atoms with van der Waals surface area (Å²) in [5.74, 6) is 0.621. The van der Waals surface area contributed by atoms with Gasteiger partial charge in [0.25, 0.3) is 0 Å². The number of rotatable bonds is 9. The van der Waals surface area contributed by atoms with Gasteiger partial charge in [0, 0.05) is 13.1 Å². The smallest absolute Gasteiger partial charge is 0.322 e. The molecule has 0 aliphatic rings. The number of nitrogens with one attached hydrogen (secondary N) is 1. The van der Waals surface area contributed by atoms with Gasteiger partial charge < -0.3 is 19.5 Å². The molecule has 0 aliphatic heterocycles. The predicted octanol–water partition coefficient (Wildman–Crippen LogP) is 6.31. The van der Waals surface area contributed by atoms with Crippen molar-refractivity contribution in [3.8, 4) is 0 Å². The van der Waals surface area contributed by atoms with Crippen LogP contribution in [0.25, 0.3) is 0 Å². The first kappa shape index (κ1) is 24.7. The molecule has 1 aromatic heterocycles. The van der Waals surface area contributed by atoms with Gasteiger partial charge in [0.15, 0.2) is 0 Å². The van der Waals surface area contributed by atoms with Gasteiger partial charge in [-0.3, -0.25) is 4.79 Å². The first-order valence-electron chi connectivity index (χ1n) is 10.7. The molecule has 0 saturated heterocycles. The Kier molecular flexibility index (Phi) is 8.80. The van der Waals surface area contributed by atoms with Gasteiger partial charge in [0.2, 0.25) is 5.91 Å². The lowest BCUT2D eigenvalue weighted by molar-refractivity contribution is -0.133. The summed E-state index contributed by atoms with van der Waals surface area (Å²) < 4.78 is 5.46. The zero-order valence-corrected chi connectivity index (χ0v) is 20.1. The zero-order valence-electron chi connectivity index (χ0n) is 18.6. The summed E-state index contributed by atoms with van der Waals surface area (Å²) in [6.07, 6.45) is 1.58. The van der Waals surface area contributed by atoms with E-state index >= 15 is 0 Å². The monoisotopic (exact) mass is 487 g/mol. The molecule has 0 radical (unpaired) electrons. The Bertz CT molecular complexity index is 1040. The van der Waals surface area contributed by atoms with Gasteiger partial charge in [-0.05, 0) is 35.7 Å². The minimum atomic E-state index is -0.440. The van der Waals surface area contributed by atoms with Crippen LogP contribution >= 0.6 is 23.2 Å². The van der Waals surface area contributed by atoms with E-state index in [2.05, 4.69) is 5.32 Å².